The Morgan fingerprint density at radius 3 is 2.77 bits per heavy atom. The number of carbonyl (C=O) groups excluding carboxylic acids is 1. The summed E-state index contributed by atoms with van der Waals surface area (Å²) in [6, 6.07) is 18.3. The molecular formula is C21H21N3OS. The van der Waals surface area contributed by atoms with Gasteiger partial charge in [0.1, 0.15) is 5.69 Å². The number of aromatic nitrogens is 2. The number of aryl methyl sites for hydroxylation is 1. The standard InChI is InChI=1S/C21H21N3OS/c25-20(19-14-23-21(26)24(19)17-10-2-1-3-11-17)22-13-16-9-6-8-15-7-4-5-12-18(15)16/h1-5,7,10-12,14,16H,6,8-9,13H2,(H,22,25)(H,23,26). The van der Waals surface area contributed by atoms with Crippen LogP contribution < -0.4 is 5.32 Å². The van der Waals surface area contributed by atoms with E-state index < -0.39 is 0 Å². The van der Waals surface area contributed by atoms with E-state index in [1.807, 2.05) is 30.3 Å². The molecule has 1 amide bonds. The molecule has 0 spiro atoms. The normalized spacial score (nSPS) is 16.1. The molecule has 1 unspecified atom stereocenters. The number of fused-ring (bicyclic) bond motifs is 1. The summed E-state index contributed by atoms with van der Waals surface area (Å²) in [6.07, 6.45) is 5.09. The Kier molecular flexibility index (Phi) is 4.71. The maximum atomic E-state index is 12.8. The Hall–Kier alpha value is -2.66. The minimum Gasteiger partial charge on any atom is -0.350 e. The molecule has 1 atom stereocenters. The SMILES string of the molecule is O=C(NCC1CCCc2ccccc21)c1c[nH]c(=S)n1-c1ccccc1. The number of aromatic amines is 1. The molecule has 0 bridgehead atoms. The topological polar surface area (TPSA) is 49.8 Å². The van der Waals surface area contributed by atoms with Gasteiger partial charge in [0.25, 0.3) is 5.91 Å². The lowest BCUT2D eigenvalue weighted by atomic mass is 9.83. The quantitative estimate of drug-likeness (QED) is 0.676. The summed E-state index contributed by atoms with van der Waals surface area (Å²) < 4.78 is 2.30. The van der Waals surface area contributed by atoms with Gasteiger partial charge in [-0.2, -0.15) is 0 Å². The maximum absolute atomic E-state index is 12.8. The summed E-state index contributed by atoms with van der Waals surface area (Å²) in [5, 5.41) is 3.11. The molecule has 0 fully saturated rings. The third kappa shape index (κ3) is 3.22. The minimum absolute atomic E-state index is 0.107. The minimum atomic E-state index is -0.107. The van der Waals surface area contributed by atoms with E-state index in [0.717, 1.165) is 18.5 Å². The van der Waals surface area contributed by atoms with Crippen LogP contribution in [0.4, 0.5) is 0 Å². The third-order valence-corrected chi connectivity index (χ3v) is 5.33. The fourth-order valence-electron chi connectivity index (χ4n) is 3.74. The molecule has 1 aromatic heterocycles. The van der Waals surface area contributed by atoms with E-state index in [4.69, 9.17) is 12.2 Å². The number of H-pyrrole nitrogens is 1. The smallest absolute Gasteiger partial charge is 0.269 e. The van der Waals surface area contributed by atoms with Crippen LogP contribution in [0.5, 0.6) is 0 Å². The lowest BCUT2D eigenvalue weighted by Gasteiger charge is -2.25. The fourth-order valence-corrected chi connectivity index (χ4v) is 4.00. The van der Waals surface area contributed by atoms with Gasteiger partial charge >= 0.3 is 0 Å². The van der Waals surface area contributed by atoms with E-state index in [9.17, 15) is 4.79 Å². The predicted octanol–water partition coefficient (Wildman–Crippen LogP) is 4.38. The number of amides is 1. The van der Waals surface area contributed by atoms with Gasteiger partial charge < -0.3 is 10.3 Å². The Bertz CT molecular complexity index is 974. The first-order valence-corrected chi connectivity index (χ1v) is 9.36. The molecule has 0 saturated heterocycles. The third-order valence-electron chi connectivity index (χ3n) is 5.03. The molecule has 0 saturated carbocycles. The maximum Gasteiger partial charge on any atom is 0.269 e. The molecular weight excluding hydrogens is 342 g/mol. The van der Waals surface area contributed by atoms with Crippen molar-refractivity contribution in [2.75, 3.05) is 6.54 Å². The number of nitrogens with zero attached hydrogens (tertiary/aromatic N) is 1. The van der Waals surface area contributed by atoms with Crippen LogP contribution in [-0.2, 0) is 6.42 Å². The van der Waals surface area contributed by atoms with Crippen molar-refractivity contribution < 1.29 is 4.79 Å². The van der Waals surface area contributed by atoms with E-state index in [1.54, 1.807) is 10.8 Å². The zero-order valence-electron chi connectivity index (χ0n) is 14.4. The van der Waals surface area contributed by atoms with Crippen molar-refractivity contribution in [2.45, 2.75) is 25.2 Å². The van der Waals surface area contributed by atoms with Crippen LogP contribution in [0.15, 0.2) is 60.8 Å². The van der Waals surface area contributed by atoms with Gasteiger partial charge in [0.05, 0.1) is 0 Å². The molecule has 4 rings (SSSR count). The second-order valence-corrected chi connectivity index (χ2v) is 7.03. The molecule has 5 heteroatoms. The second kappa shape index (κ2) is 7.30. The number of imidazole rings is 1. The molecule has 26 heavy (non-hydrogen) atoms. The van der Waals surface area contributed by atoms with Gasteiger partial charge in [-0.3, -0.25) is 9.36 Å². The van der Waals surface area contributed by atoms with Gasteiger partial charge in [0.15, 0.2) is 4.77 Å². The molecule has 1 aliphatic carbocycles. The highest BCUT2D eigenvalue weighted by Gasteiger charge is 2.21. The van der Waals surface area contributed by atoms with Crippen LogP contribution in [0.3, 0.4) is 0 Å². The second-order valence-electron chi connectivity index (χ2n) is 6.65. The highest BCUT2D eigenvalue weighted by molar-refractivity contribution is 7.71. The van der Waals surface area contributed by atoms with Crippen molar-refractivity contribution in [2.24, 2.45) is 0 Å². The van der Waals surface area contributed by atoms with Gasteiger partial charge in [-0.25, -0.2) is 0 Å². The van der Waals surface area contributed by atoms with Crippen molar-refractivity contribution in [1.82, 2.24) is 14.9 Å². The van der Waals surface area contributed by atoms with Crippen molar-refractivity contribution in [3.8, 4) is 5.69 Å². The Morgan fingerprint density at radius 2 is 1.92 bits per heavy atom. The van der Waals surface area contributed by atoms with Gasteiger partial charge in [0.2, 0.25) is 0 Å². The first kappa shape index (κ1) is 16.8. The lowest BCUT2D eigenvalue weighted by Crippen LogP contribution is -2.31. The average Bonchev–Trinajstić information content (AvgIpc) is 3.08. The molecule has 0 aliphatic heterocycles. The van der Waals surface area contributed by atoms with E-state index in [-0.39, 0.29) is 5.91 Å². The van der Waals surface area contributed by atoms with Crippen molar-refractivity contribution in [1.29, 1.82) is 0 Å². The van der Waals surface area contributed by atoms with E-state index in [1.165, 1.54) is 17.5 Å². The first-order valence-electron chi connectivity index (χ1n) is 8.96. The van der Waals surface area contributed by atoms with Gasteiger partial charge in [-0.15, -0.1) is 0 Å². The van der Waals surface area contributed by atoms with Gasteiger partial charge in [-0.1, -0.05) is 42.5 Å². The van der Waals surface area contributed by atoms with Crippen LogP contribution in [0.25, 0.3) is 5.69 Å². The van der Waals surface area contributed by atoms with Crippen molar-refractivity contribution >= 4 is 18.1 Å². The highest BCUT2D eigenvalue weighted by Crippen LogP contribution is 2.30. The number of benzene rings is 2. The van der Waals surface area contributed by atoms with Crippen LogP contribution in [0.2, 0.25) is 0 Å². The van der Waals surface area contributed by atoms with Crippen LogP contribution in [0, 0.1) is 4.77 Å². The summed E-state index contributed by atoms with van der Waals surface area (Å²) in [5.41, 5.74) is 4.19. The first-order chi connectivity index (χ1) is 12.7. The summed E-state index contributed by atoms with van der Waals surface area (Å²) >= 11 is 5.36. The monoisotopic (exact) mass is 363 g/mol. The Balaban J connectivity index is 1.53. The number of carbonyl (C=O) groups is 1. The number of rotatable bonds is 4. The number of hydrogen-bond acceptors (Lipinski definition) is 2. The number of para-hydroxylation sites is 1. The van der Waals surface area contributed by atoms with Crippen LogP contribution in [0.1, 0.15) is 40.4 Å². The summed E-state index contributed by atoms with van der Waals surface area (Å²) in [7, 11) is 0. The molecule has 2 N–H and O–H groups in total. The molecule has 2 aromatic carbocycles. The highest BCUT2D eigenvalue weighted by atomic mass is 32.1. The zero-order valence-corrected chi connectivity index (χ0v) is 15.3. The fraction of sp³-hybridized carbons (Fsp3) is 0.238. The average molecular weight is 363 g/mol. The van der Waals surface area contributed by atoms with E-state index in [2.05, 4.69) is 34.6 Å². The predicted molar refractivity (Wildman–Crippen MR) is 105 cm³/mol. The summed E-state index contributed by atoms with van der Waals surface area (Å²) in [4.78, 5) is 15.8. The number of hydrogen-bond donors (Lipinski definition) is 2. The van der Waals surface area contributed by atoms with Crippen molar-refractivity contribution in [3.63, 3.8) is 0 Å². The Morgan fingerprint density at radius 1 is 1.15 bits per heavy atom. The molecule has 0 radical (unpaired) electrons. The molecule has 132 valence electrons. The largest absolute Gasteiger partial charge is 0.350 e. The van der Waals surface area contributed by atoms with E-state index in [0.29, 0.717) is 22.9 Å². The number of nitrogens with one attached hydrogen (secondary N) is 2. The molecule has 1 aliphatic rings. The van der Waals surface area contributed by atoms with Gasteiger partial charge in [-0.05, 0) is 54.7 Å². The zero-order chi connectivity index (χ0) is 17.9. The van der Waals surface area contributed by atoms with Crippen LogP contribution >= 0.6 is 12.2 Å². The van der Waals surface area contributed by atoms with Crippen molar-refractivity contribution in [3.05, 3.63) is 82.4 Å². The van der Waals surface area contributed by atoms with Gasteiger partial charge in [0, 0.05) is 24.3 Å². The molecule has 3 aromatic rings. The summed E-state index contributed by atoms with van der Waals surface area (Å²) in [6.45, 7) is 0.641. The van der Waals surface area contributed by atoms with Crippen LogP contribution in [-0.4, -0.2) is 22.0 Å². The van der Waals surface area contributed by atoms with E-state index >= 15 is 0 Å². The molecule has 4 nitrogen and oxygen atoms in total. The lowest BCUT2D eigenvalue weighted by molar-refractivity contribution is 0.0943. The summed E-state index contributed by atoms with van der Waals surface area (Å²) in [5.74, 6) is 0.264. The molecule has 1 heterocycles. The Labute approximate surface area is 157 Å².